The number of hydrogen-bond donors (Lipinski definition) is 2. The Morgan fingerprint density at radius 2 is 2.17 bits per heavy atom. The van der Waals surface area contributed by atoms with Crippen molar-refractivity contribution in [2.45, 2.75) is 6.42 Å². The molecule has 0 aromatic carbocycles. The average molecular weight is 260 g/mol. The SMILES string of the molecule is Cn1cc(Cc2cc3nc(N)nc(N)c3s2)cn1. The second-order valence-corrected chi connectivity index (χ2v) is 5.23. The Balaban J connectivity index is 2.01. The van der Waals surface area contributed by atoms with Gasteiger partial charge in [0.05, 0.1) is 16.4 Å². The smallest absolute Gasteiger partial charge is 0.222 e. The van der Waals surface area contributed by atoms with Crippen LogP contribution in [0.2, 0.25) is 0 Å². The summed E-state index contributed by atoms with van der Waals surface area (Å²) in [5.74, 6) is 0.658. The van der Waals surface area contributed by atoms with Gasteiger partial charge in [-0.25, -0.2) is 4.98 Å². The van der Waals surface area contributed by atoms with Crippen LogP contribution in [0.1, 0.15) is 10.4 Å². The number of fused-ring (bicyclic) bond motifs is 1. The highest BCUT2D eigenvalue weighted by molar-refractivity contribution is 7.19. The Bertz CT molecular complexity index is 713. The first kappa shape index (κ1) is 11.0. The molecule has 0 fully saturated rings. The maximum absolute atomic E-state index is 5.83. The number of nitrogens with zero attached hydrogens (tertiary/aromatic N) is 4. The summed E-state index contributed by atoms with van der Waals surface area (Å²) in [5, 5.41) is 4.15. The van der Waals surface area contributed by atoms with Crippen LogP contribution in [0.4, 0.5) is 11.8 Å². The van der Waals surface area contributed by atoms with Crippen LogP contribution in [0.3, 0.4) is 0 Å². The molecule has 0 spiro atoms. The number of rotatable bonds is 2. The van der Waals surface area contributed by atoms with Crippen molar-refractivity contribution in [1.82, 2.24) is 19.7 Å². The number of aryl methyl sites for hydroxylation is 1. The van der Waals surface area contributed by atoms with E-state index in [0.29, 0.717) is 5.82 Å². The number of aromatic nitrogens is 4. The fraction of sp³-hybridized carbons (Fsp3) is 0.182. The summed E-state index contributed by atoms with van der Waals surface area (Å²) < 4.78 is 2.68. The Morgan fingerprint density at radius 1 is 1.33 bits per heavy atom. The minimum absolute atomic E-state index is 0.214. The van der Waals surface area contributed by atoms with Gasteiger partial charge in [-0.15, -0.1) is 11.3 Å². The molecule has 6 nitrogen and oxygen atoms in total. The van der Waals surface area contributed by atoms with E-state index < -0.39 is 0 Å². The number of nitrogens with two attached hydrogens (primary N) is 2. The van der Waals surface area contributed by atoms with E-state index >= 15 is 0 Å². The van der Waals surface area contributed by atoms with Gasteiger partial charge >= 0.3 is 0 Å². The molecule has 0 aliphatic heterocycles. The van der Waals surface area contributed by atoms with Crippen molar-refractivity contribution in [3.63, 3.8) is 0 Å². The Labute approximate surface area is 107 Å². The summed E-state index contributed by atoms with van der Waals surface area (Å²) in [5.41, 5.74) is 13.4. The van der Waals surface area contributed by atoms with E-state index in [-0.39, 0.29) is 5.95 Å². The van der Waals surface area contributed by atoms with Crippen molar-refractivity contribution < 1.29 is 0 Å². The van der Waals surface area contributed by atoms with Crippen molar-refractivity contribution in [1.29, 1.82) is 0 Å². The quantitative estimate of drug-likeness (QED) is 0.721. The van der Waals surface area contributed by atoms with Crippen LogP contribution < -0.4 is 11.5 Å². The highest BCUT2D eigenvalue weighted by Crippen LogP contribution is 2.29. The molecule has 4 N–H and O–H groups in total. The van der Waals surface area contributed by atoms with Crippen LogP contribution in [0.5, 0.6) is 0 Å². The summed E-state index contributed by atoms with van der Waals surface area (Å²) in [6.45, 7) is 0. The van der Waals surface area contributed by atoms with Crippen molar-refractivity contribution in [3.05, 3.63) is 28.9 Å². The third kappa shape index (κ3) is 1.88. The van der Waals surface area contributed by atoms with Gasteiger partial charge in [0.25, 0.3) is 0 Å². The molecule has 18 heavy (non-hydrogen) atoms. The monoisotopic (exact) mass is 260 g/mol. The fourth-order valence-electron chi connectivity index (χ4n) is 1.87. The van der Waals surface area contributed by atoms with Gasteiger partial charge < -0.3 is 11.5 Å². The zero-order valence-electron chi connectivity index (χ0n) is 9.79. The molecule has 0 saturated heterocycles. The van der Waals surface area contributed by atoms with Gasteiger partial charge in [-0.1, -0.05) is 0 Å². The van der Waals surface area contributed by atoms with Gasteiger partial charge in [-0.3, -0.25) is 4.68 Å². The molecule has 3 aromatic rings. The summed E-state index contributed by atoms with van der Waals surface area (Å²) in [6, 6.07) is 2.00. The van der Waals surface area contributed by atoms with Gasteiger partial charge in [-0.05, 0) is 11.6 Å². The summed E-state index contributed by atoms with van der Waals surface area (Å²) >= 11 is 1.59. The zero-order valence-corrected chi connectivity index (χ0v) is 10.6. The van der Waals surface area contributed by atoms with E-state index in [1.807, 2.05) is 25.5 Å². The molecule has 0 atom stereocenters. The fourth-order valence-corrected chi connectivity index (χ4v) is 2.90. The summed E-state index contributed by atoms with van der Waals surface area (Å²) in [4.78, 5) is 9.32. The highest BCUT2D eigenvalue weighted by Gasteiger charge is 2.09. The van der Waals surface area contributed by atoms with Gasteiger partial charge in [0.2, 0.25) is 5.95 Å². The topological polar surface area (TPSA) is 95.6 Å². The number of nitrogen functional groups attached to an aromatic ring is 2. The maximum atomic E-state index is 5.83. The van der Waals surface area contributed by atoms with Gasteiger partial charge in [0.15, 0.2) is 0 Å². The normalized spacial score (nSPS) is 11.2. The molecular weight excluding hydrogens is 248 g/mol. The molecule has 0 bridgehead atoms. The van der Waals surface area contributed by atoms with E-state index in [1.54, 1.807) is 16.0 Å². The van der Waals surface area contributed by atoms with Gasteiger partial charge in [0.1, 0.15) is 5.82 Å². The molecule has 0 saturated carbocycles. The van der Waals surface area contributed by atoms with E-state index in [4.69, 9.17) is 11.5 Å². The zero-order chi connectivity index (χ0) is 12.7. The van der Waals surface area contributed by atoms with Crippen LogP contribution in [-0.4, -0.2) is 19.7 Å². The van der Waals surface area contributed by atoms with Crippen molar-refractivity contribution >= 4 is 33.3 Å². The Kier molecular flexibility index (Phi) is 2.41. The molecule has 0 aliphatic rings. The third-order valence-corrected chi connectivity index (χ3v) is 3.75. The van der Waals surface area contributed by atoms with E-state index in [9.17, 15) is 0 Å². The predicted octanol–water partition coefficient (Wildman–Crippen LogP) is 1.18. The number of hydrogen-bond acceptors (Lipinski definition) is 6. The van der Waals surface area contributed by atoms with Crippen LogP contribution in [-0.2, 0) is 13.5 Å². The lowest BCUT2D eigenvalue weighted by Gasteiger charge is -1.95. The molecule has 0 aliphatic carbocycles. The Morgan fingerprint density at radius 3 is 2.89 bits per heavy atom. The lowest BCUT2D eigenvalue weighted by Crippen LogP contribution is -1.98. The standard InChI is InChI=1S/C11H12N6S/c1-17-5-6(4-14-17)2-7-3-8-9(18-7)10(12)16-11(13)15-8/h3-5H,2H2,1H3,(H4,12,13,15,16). The van der Waals surface area contributed by atoms with Crippen LogP contribution in [0, 0.1) is 0 Å². The lowest BCUT2D eigenvalue weighted by atomic mass is 10.2. The van der Waals surface area contributed by atoms with Crippen molar-refractivity contribution in [3.8, 4) is 0 Å². The molecule has 3 heterocycles. The first-order chi connectivity index (χ1) is 8.61. The minimum atomic E-state index is 0.214. The summed E-state index contributed by atoms with van der Waals surface area (Å²) in [7, 11) is 1.90. The second kappa shape index (κ2) is 3.95. The van der Waals surface area contributed by atoms with E-state index in [2.05, 4.69) is 15.1 Å². The molecule has 3 rings (SSSR count). The lowest BCUT2D eigenvalue weighted by molar-refractivity contribution is 0.767. The van der Waals surface area contributed by atoms with Gasteiger partial charge in [-0.2, -0.15) is 10.1 Å². The number of thiophene rings is 1. The molecule has 7 heteroatoms. The number of anilines is 2. The molecule has 0 radical (unpaired) electrons. The molecule has 92 valence electrons. The van der Waals surface area contributed by atoms with Crippen molar-refractivity contribution in [2.75, 3.05) is 11.5 Å². The molecule has 0 amide bonds. The predicted molar refractivity (Wildman–Crippen MR) is 72.3 cm³/mol. The minimum Gasteiger partial charge on any atom is -0.382 e. The third-order valence-electron chi connectivity index (χ3n) is 2.60. The molecular formula is C11H12N6S. The van der Waals surface area contributed by atoms with Crippen LogP contribution in [0.25, 0.3) is 10.2 Å². The van der Waals surface area contributed by atoms with Crippen molar-refractivity contribution in [2.24, 2.45) is 7.05 Å². The molecule has 0 unspecified atom stereocenters. The largest absolute Gasteiger partial charge is 0.382 e. The van der Waals surface area contributed by atoms with E-state index in [0.717, 1.165) is 22.2 Å². The highest BCUT2D eigenvalue weighted by atomic mass is 32.1. The van der Waals surface area contributed by atoms with Crippen LogP contribution >= 0.6 is 11.3 Å². The average Bonchev–Trinajstić information content (AvgIpc) is 2.85. The van der Waals surface area contributed by atoms with E-state index in [1.165, 1.54) is 4.88 Å². The van der Waals surface area contributed by atoms with Crippen LogP contribution in [0.15, 0.2) is 18.5 Å². The second-order valence-electron chi connectivity index (χ2n) is 4.09. The maximum Gasteiger partial charge on any atom is 0.222 e. The summed E-state index contributed by atoms with van der Waals surface area (Å²) in [6.07, 6.45) is 4.66. The first-order valence-electron chi connectivity index (χ1n) is 5.41. The first-order valence-corrected chi connectivity index (χ1v) is 6.22. The molecule has 3 aromatic heterocycles. The van der Waals surface area contributed by atoms with Gasteiger partial charge in [0, 0.05) is 24.5 Å². The Hall–Kier alpha value is -2.15.